The molecule has 4 N–H and O–H groups in total. The Balaban J connectivity index is 1.46. The van der Waals surface area contributed by atoms with Gasteiger partial charge in [-0.05, 0) is 72.0 Å². The summed E-state index contributed by atoms with van der Waals surface area (Å²) < 4.78 is 0. The lowest BCUT2D eigenvalue weighted by molar-refractivity contribution is -0.118. The molecule has 1 unspecified atom stereocenters. The third kappa shape index (κ3) is 6.46. The Morgan fingerprint density at radius 3 is 2.51 bits per heavy atom. The van der Waals surface area contributed by atoms with Crippen molar-refractivity contribution in [3.8, 4) is 22.4 Å². The summed E-state index contributed by atoms with van der Waals surface area (Å²) in [5, 5.41) is 8.10. The second kappa shape index (κ2) is 11.6. The maximum Gasteiger partial charge on any atom is 0.251 e. The third-order valence-corrected chi connectivity index (χ3v) is 6.71. The summed E-state index contributed by atoms with van der Waals surface area (Å²) >= 11 is 2.96. The van der Waals surface area contributed by atoms with E-state index in [0.29, 0.717) is 22.8 Å². The van der Waals surface area contributed by atoms with E-state index in [2.05, 4.69) is 26.7 Å². The van der Waals surface area contributed by atoms with E-state index in [9.17, 15) is 9.59 Å². The molecule has 0 spiro atoms. The number of nitrogens with one attached hydrogen (secondary N) is 2. The molecule has 0 saturated carbocycles. The van der Waals surface area contributed by atoms with Crippen molar-refractivity contribution < 1.29 is 9.59 Å². The van der Waals surface area contributed by atoms with E-state index in [-0.39, 0.29) is 11.8 Å². The van der Waals surface area contributed by atoms with Gasteiger partial charge in [-0.15, -0.1) is 11.3 Å². The van der Waals surface area contributed by atoms with Crippen LogP contribution in [0.25, 0.3) is 22.4 Å². The highest BCUT2D eigenvalue weighted by Gasteiger charge is 2.22. The van der Waals surface area contributed by atoms with Crippen LogP contribution in [-0.4, -0.2) is 39.8 Å². The van der Waals surface area contributed by atoms with E-state index in [1.54, 1.807) is 48.4 Å². The number of nitrogen functional groups attached to an aromatic ring is 1. The van der Waals surface area contributed by atoms with Crippen molar-refractivity contribution in [2.24, 2.45) is 0 Å². The normalized spacial score (nSPS) is 11.6. The van der Waals surface area contributed by atoms with Gasteiger partial charge in [0.1, 0.15) is 6.04 Å². The zero-order valence-corrected chi connectivity index (χ0v) is 20.7. The van der Waals surface area contributed by atoms with Crippen molar-refractivity contribution in [1.82, 2.24) is 15.3 Å². The molecule has 0 bridgehead atoms. The monoisotopic (exact) mass is 503 g/mol. The molecule has 1 atom stereocenters. The number of anilines is 2. The van der Waals surface area contributed by atoms with Gasteiger partial charge in [-0.3, -0.25) is 14.6 Å². The summed E-state index contributed by atoms with van der Waals surface area (Å²) in [7, 11) is 0. The lowest BCUT2D eigenvalue weighted by Crippen LogP contribution is -2.44. The Morgan fingerprint density at radius 1 is 1.03 bits per heavy atom. The van der Waals surface area contributed by atoms with E-state index in [1.165, 1.54) is 11.3 Å². The molecule has 0 fully saturated rings. The fourth-order valence-corrected chi connectivity index (χ4v) is 4.63. The molecular formula is C26H25N5O2S2. The Labute approximate surface area is 212 Å². The van der Waals surface area contributed by atoms with Gasteiger partial charge in [-0.2, -0.15) is 11.8 Å². The van der Waals surface area contributed by atoms with Crippen molar-refractivity contribution in [2.75, 3.05) is 23.1 Å². The minimum absolute atomic E-state index is 0.297. The number of pyridine rings is 1. The lowest BCUT2D eigenvalue weighted by atomic mass is 10.0. The summed E-state index contributed by atoms with van der Waals surface area (Å²) in [6, 6.07) is 17.9. The summed E-state index contributed by atoms with van der Waals surface area (Å²) in [4.78, 5) is 34.4. The third-order valence-electron chi connectivity index (χ3n) is 5.31. The molecule has 0 aliphatic rings. The second-order valence-electron chi connectivity index (χ2n) is 7.77. The van der Waals surface area contributed by atoms with Crippen molar-refractivity contribution >= 4 is 45.7 Å². The van der Waals surface area contributed by atoms with Crippen molar-refractivity contribution in [2.45, 2.75) is 12.5 Å². The smallest absolute Gasteiger partial charge is 0.251 e. The molecule has 0 aliphatic carbocycles. The highest BCUT2D eigenvalue weighted by molar-refractivity contribution is 7.98. The van der Waals surface area contributed by atoms with Crippen LogP contribution < -0.4 is 16.4 Å². The van der Waals surface area contributed by atoms with Gasteiger partial charge < -0.3 is 16.4 Å². The van der Waals surface area contributed by atoms with Gasteiger partial charge in [0, 0.05) is 34.6 Å². The predicted molar refractivity (Wildman–Crippen MR) is 145 cm³/mol. The van der Waals surface area contributed by atoms with Gasteiger partial charge in [0.05, 0.1) is 5.69 Å². The summed E-state index contributed by atoms with van der Waals surface area (Å²) in [6.07, 6.45) is 5.99. The van der Waals surface area contributed by atoms with Gasteiger partial charge in [-0.1, -0.05) is 18.2 Å². The van der Waals surface area contributed by atoms with Crippen LogP contribution in [0.4, 0.5) is 10.8 Å². The lowest BCUT2D eigenvalue weighted by Gasteiger charge is -2.17. The molecule has 0 aliphatic heterocycles. The van der Waals surface area contributed by atoms with E-state index < -0.39 is 6.04 Å². The number of benzene rings is 2. The number of nitrogens with two attached hydrogens (primary N) is 1. The standard InChI is InChI=1S/C26H25N5O2S2/c1-34-14-11-22(29-24(32)18-5-7-21(27)8-6-18)25(33)31-26-30-23(16-35-26)20-4-2-3-19(15-20)17-9-12-28-13-10-17/h2-10,12-13,15-16,22H,11,14,27H2,1H3,(H,29,32)(H,30,31,33). The van der Waals surface area contributed by atoms with E-state index in [0.717, 1.165) is 28.1 Å². The van der Waals surface area contributed by atoms with Crippen molar-refractivity contribution in [1.29, 1.82) is 0 Å². The van der Waals surface area contributed by atoms with Gasteiger partial charge in [-0.25, -0.2) is 4.98 Å². The van der Waals surface area contributed by atoms with Gasteiger partial charge in [0.2, 0.25) is 5.91 Å². The number of rotatable bonds is 9. The van der Waals surface area contributed by atoms with Gasteiger partial charge >= 0.3 is 0 Å². The van der Waals surface area contributed by atoms with E-state index >= 15 is 0 Å². The number of thioether (sulfide) groups is 1. The van der Waals surface area contributed by atoms with Gasteiger partial charge in [0.25, 0.3) is 5.91 Å². The topological polar surface area (TPSA) is 110 Å². The first-order valence-corrected chi connectivity index (χ1v) is 13.2. The summed E-state index contributed by atoms with van der Waals surface area (Å²) in [6.45, 7) is 0. The van der Waals surface area contributed by atoms with Crippen molar-refractivity contribution in [3.63, 3.8) is 0 Å². The van der Waals surface area contributed by atoms with E-state index in [1.807, 2.05) is 42.0 Å². The fraction of sp³-hybridized carbons (Fsp3) is 0.154. The molecule has 0 saturated heterocycles. The number of aromatic nitrogens is 2. The number of hydrogen-bond acceptors (Lipinski definition) is 7. The van der Waals surface area contributed by atoms with Crippen LogP contribution in [0.1, 0.15) is 16.8 Å². The largest absolute Gasteiger partial charge is 0.399 e. The van der Waals surface area contributed by atoms with Crippen LogP contribution in [-0.2, 0) is 4.79 Å². The first kappa shape index (κ1) is 24.4. The first-order valence-electron chi connectivity index (χ1n) is 11.0. The number of hydrogen-bond donors (Lipinski definition) is 3. The molecule has 178 valence electrons. The Kier molecular flexibility index (Phi) is 8.12. The molecule has 4 aromatic rings. The van der Waals surface area contributed by atoms with Crippen LogP contribution in [0, 0.1) is 0 Å². The molecule has 2 aromatic heterocycles. The Bertz CT molecular complexity index is 1290. The predicted octanol–water partition coefficient (Wildman–Crippen LogP) is 4.94. The molecular weight excluding hydrogens is 478 g/mol. The first-order chi connectivity index (χ1) is 17.0. The van der Waals surface area contributed by atoms with Crippen LogP contribution in [0.5, 0.6) is 0 Å². The highest BCUT2D eigenvalue weighted by Crippen LogP contribution is 2.29. The SMILES string of the molecule is CSCCC(NC(=O)c1ccc(N)cc1)C(=O)Nc1nc(-c2cccc(-c3ccncc3)c2)cs1. The van der Waals surface area contributed by atoms with E-state index in [4.69, 9.17) is 5.73 Å². The van der Waals surface area contributed by atoms with Crippen molar-refractivity contribution in [3.05, 3.63) is 84.0 Å². The molecule has 2 aromatic carbocycles. The average molecular weight is 504 g/mol. The number of carbonyl (C=O) groups is 2. The maximum atomic E-state index is 13.0. The second-order valence-corrected chi connectivity index (χ2v) is 9.62. The zero-order valence-electron chi connectivity index (χ0n) is 19.1. The molecule has 2 amide bonds. The highest BCUT2D eigenvalue weighted by atomic mass is 32.2. The van der Waals surface area contributed by atoms with Crippen LogP contribution in [0.15, 0.2) is 78.4 Å². The Morgan fingerprint density at radius 2 is 1.77 bits per heavy atom. The van der Waals surface area contributed by atoms with Crippen LogP contribution in [0.3, 0.4) is 0 Å². The van der Waals surface area contributed by atoms with Crippen LogP contribution in [0.2, 0.25) is 0 Å². The zero-order chi connectivity index (χ0) is 24.6. The number of carbonyl (C=O) groups excluding carboxylic acids is 2. The molecule has 9 heteroatoms. The summed E-state index contributed by atoms with van der Waals surface area (Å²) in [5.74, 6) is 0.110. The minimum Gasteiger partial charge on any atom is -0.399 e. The molecule has 35 heavy (non-hydrogen) atoms. The number of thiazole rings is 1. The number of amides is 2. The quantitative estimate of drug-likeness (QED) is 0.279. The molecule has 7 nitrogen and oxygen atoms in total. The fourth-order valence-electron chi connectivity index (χ4n) is 3.44. The Hall–Kier alpha value is -3.69. The molecule has 0 radical (unpaired) electrons. The van der Waals surface area contributed by atoms with Crippen LogP contribution >= 0.6 is 23.1 Å². The molecule has 2 heterocycles. The minimum atomic E-state index is -0.685. The van der Waals surface area contributed by atoms with Gasteiger partial charge in [0.15, 0.2) is 5.13 Å². The maximum absolute atomic E-state index is 13.0. The summed E-state index contributed by atoms with van der Waals surface area (Å²) in [5.41, 5.74) is 10.6. The molecule has 4 rings (SSSR count). The average Bonchev–Trinajstić information content (AvgIpc) is 3.36. The number of nitrogens with zero attached hydrogens (tertiary/aromatic N) is 2.